The Bertz CT molecular complexity index is 1300. The van der Waals surface area contributed by atoms with Gasteiger partial charge in [0.25, 0.3) is 0 Å². The zero-order valence-corrected chi connectivity index (χ0v) is 20.1. The standard InChI is InChI=1S/C22H24ClN7O3S/c1-2-28-9-3-10-29(34(28)32)11-8-25-21-24-7-6-17(26-21)20-19(27-22-30(20)12-13-33-22)15-4-5-16(23)18(31)14-15/h4-7,12-14,31H,2-3,8-11H2,1H3,(H,24,25,26). The molecule has 1 atom stereocenters. The molecule has 1 unspecified atom stereocenters. The molecule has 0 amide bonds. The fraction of sp³-hybridized carbons (Fsp3) is 0.318. The van der Waals surface area contributed by atoms with Gasteiger partial charge in [-0.1, -0.05) is 17.7 Å². The summed E-state index contributed by atoms with van der Waals surface area (Å²) in [5.41, 5.74) is 2.61. The first-order valence-corrected chi connectivity index (χ1v) is 12.4. The predicted molar refractivity (Wildman–Crippen MR) is 131 cm³/mol. The van der Waals surface area contributed by atoms with E-state index in [1.54, 1.807) is 47.3 Å². The minimum atomic E-state index is -1.11. The molecular weight excluding hydrogens is 478 g/mol. The van der Waals surface area contributed by atoms with E-state index in [0.29, 0.717) is 47.5 Å². The van der Waals surface area contributed by atoms with E-state index in [1.807, 2.05) is 15.5 Å². The molecule has 1 saturated heterocycles. The van der Waals surface area contributed by atoms with Crippen LogP contribution in [0.1, 0.15) is 13.3 Å². The van der Waals surface area contributed by atoms with Gasteiger partial charge in [-0.05, 0) is 31.5 Å². The van der Waals surface area contributed by atoms with Crippen LogP contribution in [-0.4, -0.2) is 70.3 Å². The predicted octanol–water partition coefficient (Wildman–Crippen LogP) is 3.43. The molecule has 3 aromatic heterocycles. The monoisotopic (exact) mass is 501 g/mol. The van der Waals surface area contributed by atoms with Crippen molar-refractivity contribution in [3.8, 4) is 28.4 Å². The van der Waals surface area contributed by atoms with Crippen LogP contribution in [0.15, 0.2) is 47.3 Å². The molecule has 4 heterocycles. The highest BCUT2D eigenvalue weighted by atomic mass is 35.5. The van der Waals surface area contributed by atoms with E-state index in [9.17, 15) is 9.66 Å². The summed E-state index contributed by atoms with van der Waals surface area (Å²) in [4.78, 5) is 13.6. The van der Waals surface area contributed by atoms with Gasteiger partial charge in [-0.2, -0.15) is 4.98 Å². The average Bonchev–Trinajstić information content (AvgIpc) is 3.44. The van der Waals surface area contributed by atoms with Crippen molar-refractivity contribution in [2.45, 2.75) is 13.3 Å². The number of nitrogens with zero attached hydrogens (tertiary/aromatic N) is 6. The number of phenolic OH excluding ortho intramolecular Hbond substituents is 1. The summed E-state index contributed by atoms with van der Waals surface area (Å²) >= 11 is 4.88. The van der Waals surface area contributed by atoms with Crippen molar-refractivity contribution < 1.29 is 14.1 Å². The van der Waals surface area contributed by atoms with Gasteiger partial charge in [-0.15, -0.1) is 8.61 Å². The molecule has 0 radical (unpaired) electrons. The van der Waals surface area contributed by atoms with Gasteiger partial charge in [0.05, 0.1) is 17.3 Å². The summed E-state index contributed by atoms with van der Waals surface area (Å²) in [5.74, 6) is 0.827. The topological polar surface area (TPSA) is 118 Å². The number of anilines is 1. The van der Waals surface area contributed by atoms with Gasteiger partial charge in [-0.3, -0.25) is 4.40 Å². The smallest absolute Gasteiger partial charge is 0.306 e. The minimum absolute atomic E-state index is 0.0310. The molecule has 10 nitrogen and oxygen atoms in total. The number of aromatic hydroxyl groups is 1. The van der Waals surface area contributed by atoms with Crippen molar-refractivity contribution >= 4 is 34.9 Å². The van der Waals surface area contributed by atoms with Gasteiger partial charge in [0.15, 0.2) is 0 Å². The van der Waals surface area contributed by atoms with Gasteiger partial charge < -0.3 is 19.4 Å². The van der Waals surface area contributed by atoms with Gasteiger partial charge in [0, 0.05) is 44.1 Å². The van der Waals surface area contributed by atoms with E-state index in [1.165, 1.54) is 0 Å². The first-order chi connectivity index (χ1) is 16.5. The zero-order valence-electron chi connectivity index (χ0n) is 18.5. The molecule has 34 heavy (non-hydrogen) atoms. The molecule has 0 saturated carbocycles. The maximum atomic E-state index is 12.6. The summed E-state index contributed by atoms with van der Waals surface area (Å²) in [6.45, 7) is 5.62. The van der Waals surface area contributed by atoms with E-state index >= 15 is 0 Å². The number of aromatic nitrogens is 4. The fourth-order valence-corrected chi connectivity index (χ4v) is 5.44. The Morgan fingerprint density at radius 1 is 1.24 bits per heavy atom. The maximum Gasteiger partial charge on any atom is 0.306 e. The van der Waals surface area contributed by atoms with E-state index in [0.717, 1.165) is 26.1 Å². The molecule has 1 aliphatic rings. The number of halogens is 1. The second kappa shape index (κ2) is 9.80. The second-order valence-corrected chi connectivity index (χ2v) is 9.66. The summed E-state index contributed by atoms with van der Waals surface area (Å²) in [6, 6.07) is 6.76. The van der Waals surface area contributed by atoms with Gasteiger partial charge in [0.1, 0.15) is 34.9 Å². The van der Waals surface area contributed by atoms with Crippen molar-refractivity contribution in [3.63, 3.8) is 0 Å². The summed E-state index contributed by atoms with van der Waals surface area (Å²) in [7, 11) is 0. The van der Waals surface area contributed by atoms with E-state index in [-0.39, 0.29) is 10.8 Å². The molecule has 4 aromatic rings. The Morgan fingerprint density at radius 3 is 2.91 bits per heavy atom. The summed E-state index contributed by atoms with van der Waals surface area (Å²) < 4.78 is 23.8. The van der Waals surface area contributed by atoms with Crippen molar-refractivity contribution in [1.29, 1.82) is 0 Å². The molecule has 0 spiro atoms. The van der Waals surface area contributed by atoms with E-state index < -0.39 is 11.5 Å². The van der Waals surface area contributed by atoms with Gasteiger partial charge in [-0.25, -0.2) is 9.97 Å². The number of benzene rings is 1. The van der Waals surface area contributed by atoms with Crippen molar-refractivity contribution in [3.05, 3.63) is 47.9 Å². The molecule has 0 aliphatic carbocycles. The molecule has 1 aliphatic heterocycles. The van der Waals surface area contributed by atoms with Crippen LogP contribution >= 0.6 is 11.6 Å². The third kappa shape index (κ3) is 4.44. The molecule has 5 rings (SSSR count). The zero-order chi connectivity index (χ0) is 23.7. The van der Waals surface area contributed by atoms with Crippen LogP contribution in [0.2, 0.25) is 5.02 Å². The van der Waals surface area contributed by atoms with Crippen LogP contribution in [0.25, 0.3) is 28.5 Å². The van der Waals surface area contributed by atoms with Gasteiger partial charge >= 0.3 is 5.84 Å². The number of nitrogens with one attached hydrogen (secondary N) is 1. The maximum absolute atomic E-state index is 12.6. The SMILES string of the molecule is CCN1CCCN(CCNc2nccc(-c3c(-c4ccc(Cl)c(O)c4)nc4occn34)n2)[S+]1[O-]. The third-order valence-electron chi connectivity index (χ3n) is 5.63. The summed E-state index contributed by atoms with van der Waals surface area (Å²) in [5, 5.41) is 13.6. The number of rotatable bonds is 7. The van der Waals surface area contributed by atoms with Crippen LogP contribution in [-0.2, 0) is 11.5 Å². The lowest BCUT2D eigenvalue weighted by molar-refractivity contribution is 0.294. The normalized spacial score (nSPS) is 17.4. The minimum Gasteiger partial charge on any atom is -0.578 e. The lowest BCUT2D eigenvalue weighted by Crippen LogP contribution is -2.50. The second-order valence-electron chi connectivity index (χ2n) is 7.76. The van der Waals surface area contributed by atoms with Crippen LogP contribution in [0.5, 0.6) is 5.75 Å². The number of fused-ring (bicyclic) bond motifs is 1. The highest BCUT2D eigenvalue weighted by molar-refractivity contribution is 7.86. The number of oxazole rings is 1. The van der Waals surface area contributed by atoms with Crippen molar-refractivity contribution in [1.82, 2.24) is 28.0 Å². The Kier molecular flexibility index (Phi) is 6.61. The Balaban J connectivity index is 1.39. The average molecular weight is 502 g/mol. The molecule has 12 heteroatoms. The Labute approximate surface area is 204 Å². The molecule has 178 valence electrons. The largest absolute Gasteiger partial charge is 0.578 e. The lowest BCUT2D eigenvalue weighted by atomic mass is 10.1. The molecule has 0 bridgehead atoms. The number of hydrogen-bond donors (Lipinski definition) is 2. The first-order valence-electron chi connectivity index (χ1n) is 11.0. The lowest BCUT2D eigenvalue weighted by Gasteiger charge is -2.34. The van der Waals surface area contributed by atoms with Crippen LogP contribution in [0.4, 0.5) is 5.95 Å². The van der Waals surface area contributed by atoms with Crippen molar-refractivity contribution in [2.24, 2.45) is 0 Å². The highest BCUT2D eigenvalue weighted by Gasteiger charge is 2.31. The van der Waals surface area contributed by atoms with Crippen LogP contribution < -0.4 is 5.32 Å². The summed E-state index contributed by atoms with van der Waals surface area (Å²) in [6.07, 6.45) is 5.98. The van der Waals surface area contributed by atoms with E-state index in [2.05, 4.69) is 20.3 Å². The number of phenols is 1. The molecule has 1 fully saturated rings. The number of hydrogen-bond acceptors (Lipinski definition) is 9. The molecule has 1 aromatic carbocycles. The fourth-order valence-electron chi connectivity index (χ4n) is 3.96. The molecule has 2 N–H and O–H groups in total. The highest BCUT2D eigenvalue weighted by Crippen LogP contribution is 2.35. The van der Waals surface area contributed by atoms with Crippen LogP contribution in [0.3, 0.4) is 0 Å². The van der Waals surface area contributed by atoms with E-state index in [4.69, 9.17) is 16.0 Å². The third-order valence-corrected chi connectivity index (χ3v) is 7.64. The van der Waals surface area contributed by atoms with Gasteiger partial charge in [0.2, 0.25) is 5.95 Å². The number of imidazole rings is 1. The first kappa shape index (κ1) is 22.9. The quantitative estimate of drug-likeness (QED) is 0.367. The Hall–Kier alpha value is -2.83. The molecular formula is C22H24ClN7O3S. The Morgan fingerprint density at radius 2 is 2.09 bits per heavy atom. The van der Waals surface area contributed by atoms with Crippen LogP contribution in [0, 0.1) is 0 Å². The van der Waals surface area contributed by atoms with Crippen molar-refractivity contribution in [2.75, 3.05) is 38.0 Å².